The van der Waals surface area contributed by atoms with Gasteiger partial charge in [0.05, 0.1) is 5.41 Å². The van der Waals surface area contributed by atoms with Gasteiger partial charge in [-0.2, -0.15) is 0 Å². The second-order valence-corrected chi connectivity index (χ2v) is 9.71. The molecule has 25 heavy (non-hydrogen) atoms. The maximum atomic E-state index is 12.4. The number of aliphatic carboxylic acids is 1. The molecule has 0 spiro atoms. The third-order valence-corrected chi connectivity index (χ3v) is 8.10. The Balaban J connectivity index is 1.52. The molecule has 1 aromatic heterocycles. The van der Waals surface area contributed by atoms with Crippen LogP contribution in [0.4, 0.5) is 0 Å². The smallest absolute Gasteiger partial charge is 0.310 e. The number of amides is 1. The van der Waals surface area contributed by atoms with Crippen LogP contribution in [0.2, 0.25) is 0 Å². The van der Waals surface area contributed by atoms with Gasteiger partial charge < -0.3 is 10.0 Å². The number of carboxylic acids is 1. The number of hydrogen-bond donors (Lipinski definition) is 2. The van der Waals surface area contributed by atoms with Crippen LogP contribution in [-0.2, 0) is 19.6 Å². The molecule has 2 N–H and O–H groups in total. The molecule has 0 aromatic carbocycles. The topological polar surface area (TPSA) is 104 Å². The maximum Gasteiger partial charge on any atom is 0.310 e. The van der Waals surface area contributed by atoms with E-state index >= 15 is 0 Å². The summed E-state index contributed by atoms with van der Waals surface area (Å²) in [5, 5.41) is 11.1. The first-order chi connectivity index (χ1) is 11.8. The Kier molecular flexibility index (Phi) is 5.17. The van der Waals surface area contributed by atoms with Gasteiger partial charge in [0.1, 0.15) is 4.21 Å². The Morgan fingerprint density at radius 3 is 2.48 bits per heavy atom. The Labute approximate surface area is 151 Å². The van der Waals surface area contributed by atoms with Crippen LogP contribution in [0.5, 0.6) is 0 Å². The first-order valence-corrected chi connectivity index (χ1v) is 10.8. The van der Waals surface area contributed by atoms with Gasteiger partial charge in [-0.3, -0.25) is 9.59 Å². The third kappa shape index (κ3) is 3.88. The molecule has 1 aliphatic carbocycles. The van der Waals surface area contributed by atoms with Crippen LogP contribution in [0.3, 0.4) is 0 Å². The highest BCUT2D eigenvalue weighted by atomic mass is 32.2. The Bertz CT molecular complexity index is 733. The van der Waals surface area contributed by atoms with Crippen LogP contribution in [0.25, 0.3) is 0 Å². The zero-order valence-electron chi connectivity index (χ0n) is 13.8. The molecule has 1 amide bonds. The SMILES string of the molecule is O=C(CC1(C(=O)O)CCC1)N1CCC(NS(=O)(=O)c2cccs2)CC1. The zero-order valence-corrected chi connectivity index (χ0v) is 15.4. The van der Waals surface area contributed by atoms with Gasteiger partial charge in [-0.15, -0.1) is 11.3 Å². The Morgan fingerprint density at radius 1 is 1.32 bits per heavy atom. The van der Waals surface area contributed by atoms with E-state index in [0.717, 1.165) is 6.42 Å². The molecule has 2 fully saturated rings. The van der Waals surface area contributed by atoms with E-state index in [1.807, 2.05) is 0 Å². The molecule has 138 valence electrons. The van der Waals surface area contributed by atoms with Crippen LogP contribution < -0.4 is 4.72 Å². The van der Waals surface area contributed by atoms with Crippen molar-refractivity contribution in [3.05, 3.63) is 17.5 Å². The van der Waals surface area contributed by atoms with E-state index in [1.165, 1.54) is 11.3 Å². The lowest BCUT2D eigenvalue weighted by Gasteiger charge is -2.39. The van der Waals surface area contributed by atoms with Crippen molar-refractivity contribution in [2.75, 3.05) is 13.1 Å². The lowest BCUT2D eigenvalue weighted by molar-refractivity contribution is -0.159. The van der Waals surface area contributed by atoms with Crippen molar-refractivity contribution >= 4 is 33.2 Å². The maximum absolute atomic E-state index is 12.4. The fraction of sp³-hybridized carbons (Fsp3) is 0.625. The highest BCUT2D eigenvalue weighted by Crippen LogP contribution is 2.44. The summed E-state index contributed by atoms with van der Waals surface area (Å²) in [5.41, 5.74) is -0.880. The lowest BCUT2D eigenvalue weighted by Crippen LogP contribution is -2.49. The van der Waals surface area contributed by atoms with E-state index in [9.17, 15) is 23.1 Å². The number of carbonyl (C=O) groups is 2. The van der Waals surface area contributed by atoms with Gasteiger partial charge in [-0.1, -0.05) is 12.5 Å². The number of rotatable bonds is 6. The molecule has 3 rings (SSSR count). The van der Waals surface area contributed by atoms with E-state index in [2.05, 4.69) is 4.72 Å². The van der Waals surface area contributed by atoms with Gasteiger partial charge >= 0.3 is 5.97 Å². The monoisotopic (exact) mass is 386 g/mol. The lowest BCUT2D eigenvalue weighted by atomic mass is 9.66. The molecule has 0 radical (unpaired) electrons. The van der Waals surface area contributed by atoms with Gasteiger partial charge in [0.2, 0.25) is 15.9 Å². The molecule has 0 bridgehead atoms. The van der Waals surface area contributed by atoms with Crippen LogP contribution in [0.15, 0.2) is 21.7 Å². The summed E-state index contributed by atoms with van der Waals surface area (Å²) in [4.78, 5) is 25.5. The van der Waals surface area contributed by atoms with E-state index < -0.39 is 21.4 Å². The molecular weight excluding hydrogens is 364 g/mol. The van der Waals surface area contributed by atoms with Crippen molar-refractivity contribution in [3.8, 4) is 0 Å². The number of thiophene rings is 1. The molecule has 2 heterocycles. The second kappa shape index (κ2) is 7.05. The standard InChI is InChI=1S/C16H22N2O5S2/c19-13(11-16(15(20)21)6-2-7-16)18-8-4-12(5-9-18)17-25(22,23)14-3-1-10-24-14/h1,3,10,12,17H,2,4-9,11H2,(H,20,21). The third-order valence-electron chi connectivity index (χ3n) is 5.18. The summed E-state index contributed by atoms with van der Waals surface area (Å²) < 4.78 is 27.5. The normalized spacial score (nSPS) is 20.9. The summed E-state index contributed by atoms with van der Waals surface area (Å²) in [6.07, 6.45) is 3.10. The molecule has 1 aromatic rings. The van der Waals surface area contributed by atoms with Gasteiger partial charge in [-0.05, 0) is 37.1 Å². The molecule has 7 nitrogen and oxygen atoms in total. The van der Waals surface area contributed by atoms with Crippen molar-refractivity contribution < 1.29 is 23.1 Å². The molecule has 1 saturated carbocycles. The summed E-state index contributed by atoms with van der Waals surface area (Å²) in [6.45, 7) is 0.901. The van der Waals surface area contributed by atoms with Gasteiger partial charge in [0.25, 0.3) is 0 Å². The predicted molar refractivity (Wildman–Crippen MR) is 92.8 cm³/mol. The largest absolute Gasteiger partial charge is 0.481 e. The van der Waals surface area contributed by atoms with E-state index in [1.54, 1.807) is 22.4 Å². The minimum Gasteiger partial charge on any atom is -0.481 e. The number of nitrogens with zero attached hydrogens (tertiary/aromatic N) is 1. The minimum absolute atomic E-state index is 0.0495. The van der Waals surface area contributed by atoms with Crippen LogP contribution in [0, 0.1) is 5.41 Å². The summed E-state index contributed by atoms with van der Waals surface area (Å²) in [7, 11) is -3.50. The number of nitrogens with one attached hydrogen (secondary N) is 1. The molecule has 1 saturated heterocycles. The first-order valence-electron chi connectivity index (χ1n) is 8.39. The summed E-state index contributed by atoms with van der Waals surface area (Å²) in [5.74, 6) is -1.02. The zero-order chi connectivity index (χ0) is 18.1. The average molecular weight is 386 g/mol. The van der Waals surface area contributed by atoms with Crippen LogP contribution in [-0.4, -0.2) is 49.4 Å². The Hall–Kier alpha value is -1.45. The fourth-order valence-corrected chi connectivity index (χ4v) is 5.73. The number of carbonyl (C=O) groups excluding carboxylic acids is 1. The van der Waals surface area contributed by atoms with Crippen LogP contribution >= 0.6 is 11.3 Å². The van der Waals surface area contributed by atoms with Crippen molar-refractivity contribution in [3.63, 3.8) is 0 Å². The van der Waals surface area contributed by atoms with Crippen molar-refractivity contribution in [1.82, 2.24) is 9.62 Å². The van der Waals surface area contributed by atoms with Gasteiger partial charge in [0.15, 0.2) is 0 Å². The average Bonchev–Trinajstić information content (AvgIpc) is 3.06. The van der Waals surface area contributed by atoms with Gasteiger partial charge in [-0.25, -0.2) is 13.1 Å². The van der Waals surface area contributed by atoms with Gasteiger partial charge in [0, 0.05) is 25.6 Å². The number of sulfonamides is 1. The molecule has 0 atom stereocenters. The molecule has 1 aliphatic heterocycles. The number of likely N-dealkylation sites (tertiary alicyclic amines) is 1. The van der Waals surface area contributed by atoms with Crippen molar-refractivity contribution in [2.45, 2.75) is 48.8 Å². The van der Waals surface area contributed by atoms with E-state index in [0.29, 0.717) is 43.0 Å². The highest BCUT2D eigenvalue weighted by Gasteiger charge is 2.46. The van der Waals surface area contributed by atoms with Crippen LogP contribution in [0.1, 0.15) is 38.5 Å². The predicted octanol–water partition coefficient (Wildman–Crippen LogP) is 1.66. The minimum atomic E-state index is -3.50. The van der Waals surface area contributed by atoms with Crippen molar-refractivity contribution in [1.29, 1.82) is 0 Å². The quantitative estimate of drug-likeness (QED) is 0.774. The number of piperidine rings is 1. The number of carboxylic acid groups (broad SMARTS) is 1. The van der Waals surface area contributed by atoms with E-state index in [-0.39, 0.29) is 18.4 Å². The summed E-state index contributed by atoms with van der Waals surface area (Å²) in [6, 6.07) is 3.06. The molecule has 9 heteroatoms. The summed E-state index contributed by atoms with van der Waals surface area (Å²) >= 11 is 1.17. The number of hydrogen-bond acceptors (Lipinski definition) is 5. The molecule has 0 unspecified atom stereocenters. The van der Waals surface area contributed by atoms with Crippen molar-refractivity contribution in [2.24, 2.45) is 5.41 Å². The van der Waals surface area contributed by atoms with E-state index in [4.69, 9.17) is 0 Å². The second-order valence-electron chi connectivity index (χ2n) is 6.82. The molecular formula is C16H22N2O5S2. The molecule has 2 aliphatic rings. The first kappa shape index (κ1) is 18.3. The fourth-order valence-electron chi connectivity index (χ4n) is 3.41. The highest BCUT2D eigenvalue weighted by molar-refractivity contribution is 7.91. The Morgan fingerprint density at radius 2 is 2.00 bits per heavy atom.